The van der Waals surface area contributed by atoms with E-state index in [4.69, 9.17) is 5.73 Å². The highest BCUT2D eigenvalue weighted by molar-refractivity contribution is 5.80. The number of carbonyl (C=O) groups excluding carboxylic acids is 1. The van der Waals surface area contributed by atoms with Crippen LogP contribution in [-0.2, 0) is 11.3 Å². The van der Waals surface area contributed by atoms with Gasteiger partial charge in [0.25, 0.3) is 0 Å². The lowest BCUT2D eigenvalue weighted by Crippen LogP contribution is -2.54. The summed E-state index contributed by atoms with van der Waals surface area (Å²) in [5, 5.41) is 3.26. The van der Waals surface area contributed by atoms with Gasteiger partial charge >= 0.3 is 0 Å². The molecule has 1 aromatic rings. The molecule has 23 heavy (non-hydrogen) atoms. The van der Waals surface area contributed by atoms with E-state index in [1.165, 1.54) is 5.56 Å². The summed E-state index contributed by atoms with van der Waals surface area (Å²) in [6.07, 6.45) is 5.18. The molecule has 1 aliphatic heterocycles. The highest BCUT2D eigenvalue weighted by atomic mass is 16.2. The zero-order valence-electron chi connectivity index (χ0n) is 14.1. The molecule has 1 aliphatic carbocycles. The third-order valence-corrected chi connectivity index (χ3v) is 5.44. The second kappa shape index (κ2) is 7.02. The molecule has 2 aliphatic rings. The van der Waals surface area contributed by atoms with Crippen LogP contribution in [0.1, 0.15) is 44.6 Å². The molecule has 3 rings (SSSR count). The van der Waals surface area contributed by atoms with E-state index in [9.17, 15) is 4.79 Å². The van der Waals surface area contributed by atoms with Gasteiger partial charge in [-0.25, -0.2) is 0 Å². The first-order valence-corrected chi connectivity index (χ1v) is 8.90. The Morgan fingerprint density at radius 2 is 2.09 bits per heavy atom. The van der Waals surface area contributed by atoms with Crippen molar-refractivity contribution in [3.63, 3.8) is 0 Å². The molecular formula is C19H29N3O. The first kappa shape index (κ1) is 16.5. The number of carbonyl (C=O) groups is 1. The summed E-state index contributed by atoms with van der Waals surface area (Å²) in [5.41, 5.74) is 7.35. The van der Waals surface area contributed by atoms with Crippen LogP contribution in [-0.4, -0.2) is 35.5 Å². The fraction of sp³-hybridized carbons (Fsp3) is 0.632. The third-order valence-electron chi connectivity index (χ3n) is 5.44. The molecule has 0 bridgehead atoms. The van der Waals surface area contributed by atoms with Crippen molar-refractivity contribution in [2.24, 2.45) is 11.7 Å². The van der Waals surface area contributed by atoms with Crippen LogP contribution in [0.2, 0.25) is 0 Å². The summed E-state index contributed by atoms with van der Waals surface area (Å²) >= 11 is 0. The Labute approximate surface area is 139 Å². The lowest BCUT2D eigenvalue weighted by atomic mass is 9.74. The first-order chi connectivity index (χ1) is 11.0. The normalized spacial score (nSPS) is 31.9. The lowest BCUT2D eigenvalue weighted by Gasteiger charge is -2.37. The van der Waals surface area contributed by atoms with Crippen molar-refractivity contribution in [2.75, 3.05) is 13.1 Å². The highest BCUT2D eigenvalue weighted by Crippen LogP contribution is 2.32. The molecule has 1 aromatic carbocycles. The summed E-state index contributed by atoms with van der Waals surface area (Å²) in [5.74, 6) is 0.140. The maximum atomic E-state index is 12.6. The minimum Gasteiger partial charge on any atom is -0.352 e. The van der Waals surface area contributed by atoms with Crippen LogP contribution < -0.4 is 11.1 Å². The molecule has 1 saturated heterocycles. The first-order valence-electron chi connectivity index (χ1n) is 8.90. The SMILES string of the molecule is CC1(N)CCCCC1C(=O)NC1CCN(Cc2ccccc2)C1. The number of likely N-dealkylation sites (tertiary alicyclic amines) is 1. The summed E-state index contributed by atoms with van der Waals surface area (Å²) in [6.45, 7) is 4.98. The molecule has 2 fully saturated rings. The van der Waals surface area contributed by atoms with Gasteiger partial charge in [0.2, 0.25) is 5.91 Å². The summed E-state index contributed by atoms with van der Waals surface area (Å²) in [6, 6.07) is 10.8. The number of rotatable bonds is 4. The molecule has 3 unspecified atom stereocenters. The number of nitrogens with one attached hydrogen (secondary N) is 1. The van der Waals surface area contributed by atoms with Crippen molar-refractivity contribution in [3.8, 4) is 0 Å². The second-order valence-corrected chi connectivity index (χ2v) is 7.52. The van der Waals surface area contributed by atoms with Gasteiger partial charge in [-0.05, 0) is 31.7 Å². The summed E-state index contributed by atoms with van der Waals surface area (Å²) < 4.78 is 0. The van der Waals surface area contributed by atoms with Crippen molar-refractivity contribution in [1.82, 2.24) is 10.2 Å². The molecule has 4 nitrogen and oxygen atoms in total. The van der Waals surface area contributed by atoms with Crippen LogP contribution in [0.4, 0.5) is 0 Å². The Kier molecular flexibility index (Phi) is 5.02. The fourth-order valence-electron chi connectivity index (χ4n) is 4.03. The van der Waals surface area contributed by atoms with Gasteiger partial charge < -0.3 is 11.1 Å². The van der Waals surface area contributed by atoms with Crippen LogP contribution in [0, 0.1) is 5.92 Å². The number of nitrogens with zero attached hydrogens (tertiary/aromatic N) is 1. The average Bonchev–Trinajstić information content (AvgIpc) is 2.94. The number of amides is 1. The van der Waals surface area contributed by atoms with Gasteiger partial charge in [0.15, 0.2) is 0 Å². The maximum absolute atomic E-state index is 12.6. The van der Waals surface area contributed by atoms with Crippen LogP contribution in [0.15, 0.2) is 30.3 Å². The van der Waals surface area contributed by atoms with Gasteiger partial charge in [-0.2, -0.15) is 0 Å². The maximum Gasteiger partial charge on any atom is 0.225 e. The standard InChI is InChI=1S/C19H29N3O/c1-19(20)11-6-5-9-17(19)18(23)21-16-10-12-22(14-16)13-15-7-3-2-4-8-15/h2-4,7-8,16-17H,5-6,9-14,20H2,1H3,(H,21,23). The molecule has 0 aromatic heterocycles. The quantitative estimate of drug-likeness (QED) is 0.896. The van der Waals surface area contributed by atoms with Crippen LogP contribution in [0.3, 0.4) is 0 Å². The highest BCUT2D eigenvalue weighted by Gasteiger charge is 2.38. The van der Waals surface area contributed by atoms with Crippen molar-refractivity contribution in [1.29, 1.82) is 0 Å². The minimum absolute atomic E-state index is 0.0283. The van der Waals surface area contributed by atoms with Crippen molar-refractivity contribution >= 4 is 5.91 Å². The van der Waals surface area contributed by atoms with E-state index in [0.717, 1.165) is 51.7 Å². The molecule has 126 valence electrons. The van der Waals surface area contributed by atoms with Crippen LogP contribution >= 0.6 is 0 Å². The zero-order valence-corrected chi connectivity index (χ0v) is 14.1. The topological polar surface area (TPSA) is 58.4 Å². The molecule has 1 heterocycles. The van der Waals surface area contributed by atoms with Gasteiger partial charge in [-0.1, -0.05) is 43.2 Å². The summed E-state index contributed by atoms with van der Waals surface area (Å²) in [7, 11) is 0. The Balaban J connectivity index is 1.50. The molecule has 3 N–H and O–H groups in total. The Hall–Kier alpha value is -1.39. The van der Waals surface area contributed by atoms with Gasteiger partial charge in [0.05, 0.1) is 5.92 Å². The van der Waals surface area contributed by atoms with Gasteiger partial charge in [0.1, 0.15) is 0 Å². The third kappa shape index (κ3) is 4.12. The molecule has 0 radical (unpaired) electrons. The molecule has 3 atom stereocenters. The number of nitrogens with two attached hydrogens (primary N) is 1. The monoisotopic (exact) mass is 315 g/mol. The smallest absolute Gasteiger partial charge is 0.225 e. The summed E-state index contributed by atoms with van der Waals surface area (Å²) in [4.78, 5) is 15.0. The van der Waals surface area contributed by atoms with E-state index in [-0.39, 0.29) is 23.4 Å². The van der Waals surface area contributed by atoms with Crippen molar-refractivity contribution < 1.29 is 4.79 Å². The zero-order chi connectivity index (χ0) is 16.3. The van der Waals surface area contributed by atoms with Crippen LogP contribution in [0.5, 0.6) is 0 Å². The predicted molar refractivity (Wildman–Crippen MR) is 92.8 cm³/mol. The minimum atomic E-state index is -0.343. The average molecular weight is 315 g/mol. The van der Waals surface area contributed by atoms with Crippen molar-refractivity contribution in [2.45, 2.75) is 57.2 Å². The van der Waals surface area contributed by atoms with Gasteiger partial charge in [-0.15, -0.1) is 0 Å². The molecule has 0 spiro atoms. The van der Waals surface area contributed by atoms with E-state index >= 15 is 0 Å². The predicted octanol–water partition coefficient (Wildman–Crippen LogP) is 2.28. The number of hydrogen-bond acceptors (Lipinski definition) is 3. The molecular weight excluding hydrogens is 286 g/mol. The van der Waals surface area contributed by atoms with Gasteiger partial charge in [0, 0.05) is 31.2 Å². The molecule has 1 saturated carbocycles. The van der Waals surface area contributed by atoms with E-state index in [1.54, 1.807) is 0 Å². The second-order valence-electron chi connectivity index (χ2n) is 7.52. The van der Waals surface area contributed by atoms with Crippen molar-refractivity contribution in [3.05, 3.63) is 35.9 Å². The molecule has 4 heteroatoms. The van der Waals surface area contributed by atoms with Crippen LogP contribution in [0.25, 0.3) is 0 Å². The number of hydrogen-bond donors (Lipinski definition) is 2. The largest absolute Gasteiger partial charge is 0.352 e. The van der Waals surface area contributed by atoms with E-state index in [2.05, 4.69) is 34.5 Å². The number of benzene rings is 1. The van der Waals surface area contributed by atoms with E-state index < -0.39 is 0 Å². The van der Waals surface area contributed by atoms with E-state index in [0.29, 0.717) is 0 Å². The lowest BCUT2D eigenvalue weighted by molar-refractivity contribution is -0.128. The fourth-order valence-corrected chi connectivity index (χ4v) is 4.03. The Bertz CT molecular complexity index is 529. The van der Waals surface area contributed by atoms with E-state index in [1.807, 2.05) is 13.0 Å². The molecule has 1 amide bonds. The van der Waals surface area contributed by atoms with Gasteiger partial charge in [-0.3, -0.25) is 9.69 Å². The Morgan fingerprint density at radius 3 is 2.83 bits per heavy atom. The Morgan fingerprint density at radius 1 is 1.30 bits per heavy atom.